The van der Waals surface area contributed by atoms with Crippen molar-refractivity contribution in [1.29, 1.82) is 0 Å². The Balaban J connectivity index is 1.42. The maximum Gasteiger partial charge on any atom is 0.243 e. The Morgan fingerprint density at radius 1 is 1.23 bits per heavy atom. The van der Waals surface area contributed by atoms with Gasteiger partial charge in [-0.15, -0.1) is 10.2 Å². The zero-order valence-electron chi connectivity index (χ0n) is 14.8. The molecule has 6 nitrogen and oxygen atoms in total. The van der Waals surface area contributed by atoms with Crippen molar-refractivity contribution >= 4 is 21.6 Å². The van der Waals surface area contributed by atoms with Crippen LogP contribution in [0.4, 0.5) is 0 Å². The van der Waals surface area contributed by atoms with Gasteiger partial charge in [0.2, 0.25) is 10.0 Å². The highest BCUT2D eigenvalue weighted by atomic mass is 35.5. The summed E-state index contributed by atoms with van der Waals surface area (Å²) >= 11 is 5.94. The molecular weight excluding hydrogens is 372 g/mol. The fourth-order valence-corrected chi connectivity index (χ4v) is 6.07. The quantitative estimate of drug-likeness (QED) is 0.780. The van der Waals surface area contributed by atoms with Gasteiger partial charge in [-0.25, -0.2) is 8.42 Å². The monoisotopic (exact) mass is 394 g/mol. The van der Waals surface area contributed by atoms with Gasteiger partial charge in [-0.05, 0) is 49.4 Å². The Morgan fingerprint density at radius 3 is 2.65 bits per heavy atom. The maximum absolute atomic E-state index is 12.8. The van der Waals surface area contributed by atoms with E-state index in [0.29, 0.717) is 40.5 Å². The van der Waals surface area contributed by atoms with Crippen molar-refractivity contribution in [3.63, 3.8) is 0 Å². The summed E-state index contributed by atoms with van der Waals surface area (Å²) in [6.45, 7) is 2.84. The zero-order valence-corrected chi connectivity index (χ0v) is 16.4. The molecule has 0 bridgehead atoms. The van der Waals surface area contributed by atoms with Crippen LogP contribution in [0.25, 0.3) is 0 Å². The molecule has 0 spiro atoms. The lowest BCUT2D eigenvalue weighted by molar-refractivity contribution is 0.195. The van der Waals surface area contributed by atoms with Crippen LogP contribution in [0.1, 0.15) is 43.1 Å². The minimum atomic E-state index is -3.46. The van der Waals surface area contributed by atoms with Crippen LogP contribution in [0.15, 0.2) is 29.4 Å². The van der Waals surface area contributed by atoms with Crippen LogP contribution in [-0.2, 0) is 16.4 Å². The van der Waals surface area contributed by atoms with Crippen LogP contribution in [0.2, 0.25) is 5.02 Å². The molecule has 26 heavy (non-hydrogen) atoms. The van der Waals surface area contributed by atoms with Crippen molar-refractivity contribution < 1.29 is 8.42 Å². The molecule has 1 aliphatic heterocycles. The standard InChI is InChI=1S/C18H23ClN4O2S/c1-13-8-15(19)6-7-17(13)26(24,25)22-10-14(11-22)9-18-21-20-12-23(18)16-4-2-3-5-16/h6-8,12,14,16H,2-5,9-11H2,1H3. The van der Waals surface area contributed by atoms with E-state index in [1.807, 2.05) is 6.33 Å². The summed E-state index contributed by atoms with van der Waals surface area (Å²) in [5, 5.41) is 8.91. The Hall–Kier alpha value is -1.44. The average molecular weight is 395 g/mol. The Morgan fingerprint density at radius 2 is 1.96 bits per heavy atom. The summed E-state index contributed by atoms with van der Waals surface area (Å²) in [5.74, 6) is 1.28. The van der Waals surface area contributed by atoms with Crippen molar-refractivity contribution in [3.8, 4) is 0 Å². The number of benzene rings is 1. The van der Waals surface area contributed by atoms with E-state index < -0.39 is 10.0 Å². The summed E-state index contributed by atoms with van der Waals surface area (Å²) in [7, 11) is -3.46. The number of hydrogen-bond acceptors (Lipinski definition) is 4. The van der Waals surface area contributed by atoms with Gasteiger partial charge in [0.25, 0.3) is 0 Å². The number of aromatic nitrogens is 3. The number of sulfonamides is 1. The van der Waals surface area contributed by atoms with Crippen molar-refractivity contribution in [2.24, 2.45) is 5.92 Å². The molecule has 1 saturated carbocycles. The van der Waals surface area contributed by atoms with Gasteiger partial charge in [-0.2, -0.15) is 4.31 Å². The lowest BCUT2D eigenvalue weighted by Gasteiger charge is -2.38. The molecule has 2 aromatic rings. The van der Waals surface area contributed by atoms with Crippen LogP contribution >= 0.6 is 11.6 Å². The predicted molar refractivity (Wildman–Crippen MR) is 99.7 cm³/mol. The summed E-state index contributed by atoms with van der Waals surface area (Å²) in [4.78, 5) is 0.342. The summed E-state index contributed by atoms with van der Waals surface area (Å²) in [6, 6.07) is 5.42. The molecular formula is C18H23ClN4O2S. The van der Waals surface area contributed by atoms with E-state index in [1.165, 1.54) is 25.7 Å². The van der Waals surface area contributed by atoms with E-state index >= 15 is 0 Å². The second kappa shape index (κ2) is 6.94. The van der Waals surface area contributed by atoms with Crippen LogP contribution in [-0.4, -0.2) is 40.6 Å². The van der Waals surface area contributed by atoms with Crippen LogP contribution < -0.4 is 0 Å². The van der Waals surface area contributed by atoms with Gasteiger partial charge < -0.3 is 4.57 Å². The number of aryl methyl sites for hydroxylation is 1. The normalized spacial score (nSPS) is 19.8. The van der Waals surface area contributed by atoms with Gasteiger partial charge >= 0.3 is 0 Å². The topological polar surface area (TPSA) is 68.1 Å². The SMILES string of the molecule is Cc1cc(Cl)ccc1S(=O)(=O)N1CC(Cc2nncn2C2CCCC2)C1. The molecule has 0 atom stereocenters. The van der Waals surface area contributed by atoms with E-state index in [9.17, 15) is 8.42 Å². The molecule has 4 rings (SSSR count). The van der Waals surface area contributed by atoms with Crippen molar-refractivity contribution in [2.45, 2.75) is 50.0 Å². The molecule has 0 unspecified atom stereocenters. The fourth-order valence-electron chi connectivity index (χ4n) is 4.05. The van der Waals surface area contributed by atoms with Gasteiger partial charge in [0.15, 0.2) is 0 Å². The molecule has 0 radical (unpaired) electrons. The Labute approximate surface area is 159 Å². The number of nitrogens with zero attached hydrogens (tertiary/aromatic N) is 4. The average Bonchev–Trinajstić information content (AvgIpc) is 3.20. The van der Waals surface area contributed by atoms with Crippen LogP contribution in [0.3, 0.4) is 0 Å². The van der Waals surface area contributed by atoms with Gasteiger partial charge in [0.05, 0.1) is 4.90 Å². The third kappa shape index (κ3) is 3.28. The minimum absolute atomic E-state index is 0.293. The second-order valence-electron chi connectivity index (χ2n) is 7.39. The lowest BCUT2D eigenvalue weighted by Crippen LogP contribution is -2.50. The van der Waals surface area contributed by atoms with Gasteiger partial charge in [-0.3, -0.25) is 0 Å². The molecule has 1 aromatic heterocycles. The number of hydrogen-bond donors (Lipinski definition) is 0. The van der Waals surface area contributed by atoms with E-state index in [4.69, 9.17) is 11.6 Å². The largest absolute Gasteiger partial charge is 0.314 e. The predicted octanol–water partition coefficient (Wildman–Crippen LogP) is 3.22. The van der Waals surface area contributed by atoms with E-state index in [0.717, 1.165) is 12.2 Å². The molecule has 140 valence electrons. The maximum atomic E-state index is 12.8. The highest BCUT2D eigenvalue weighted by Gasteiger charge is 2.38. The second-order valence-corrected chi connectivity index (χ2v) is 9.74. The van der Waals surface area contributed by atoms with E-state index in [2.05, 4.69) is 14.8 Å². The van der Waals surface area contributed by atoms with Gasteiger partial charge in [0.1, 0.15) is 12.2 Å². The highest BCUT2D eigenvalue weighted by molar-refractivity contribution is 7.89. The van der Waals surface area contributed by atoms with Crippen molar-refractivity contribution in [1.82, 2.24) is 19.1 Å². The number of halogens is 1. The Bertz CT molecular complexity index is 900. The smallest absolute Gasteiger partial charge is 0.243 e. The third-order valence-corrected chi connectivity index (χ3v) is 7.74. The first-order valence-corrected chi connectivity index (χ1v) is 10.9. The minimum Gasteiger partial charge on any atom is -0.314 e. The van der Waals surface area contributed by atoms with Crippen molar-refractivity contribution in [2.75, 3.05) is 13.1 Å². The summed E-state index contributed by atoms with van der Waals surface area (Å²) in [5.41, 5.74) is 0.682. The fraction of sp³-hybridized carbons (Fsp3) is 0.556. The third-order valence-electron chi connectivity index (χ3n) is 5.52. The van der Waals surface area contributed by atoms with Gasteiger partial charge in [-0.1, -0.05) is 24.4 Å². The molecule has 1 aromatic carbocycles. The molecule has 0 amide bonds. The molecule has 2 fully saturated rings. The van der Waals surface area contributed by atoms with E-state index in [-0.39, 0.29) is 0 Å². The molecule has 8 heteroatoms. The zero-order chi connectivity index (χ0) is 18.3. The van der Waals surface area contributed by atoms with Crippen molar-refractivity contribution in [3.05, 3.63) is 40.9 Å². The molecule has 1 saturated heterocycles. The van der Waals surface area contributed by atoms with Gasteiger partial charge in [0, 0.05) is 30.6 Å². The molecule has 0 N–H and O–H groups in total. The summed E-state index contributed by atoms with van der Waals surface area (Å²) in [6.07, 6.45) is 7.51. The summed E-state index contributed by atoms with van der Waals surface area (Å²) < 4.78 is 29.4. The highest BCUT2D eigenvalue weighted by Crippen LogP contribution is 2.33. The first-order chi connectivity index (χ1) is 12.4. The van der Waals surface area contributed by atoms with Crippen LogP contribution in [0.5, 0.6) is 0 Å². The Kier molecular flexibility index (Phi) is 4.79. The first-order valence-electron chi connectivity index (χ1n) is 9.10. The molecule has 2 aliphatic rings. The molecule has 1 aliphatic carbocycles. The lowest BCUT2D eigenvalue weighted by atomic mass is 9.99. The van der Waals surface area contributed by atoms with E-state index in [1.54, 1.807) is 29.4 Å². The van der Waals surface area contributed by atoms with Crippen LogP contribution in [0, 0.1) is 12.8 Å². The molecule has 2 heterocycles. The first kappa shape index (κ1) is 17.9. The number of rotatable bonds is 5.